The monoisotopic (exact) mass is 445 g/mol. The Bertz CT molecular complexity index is 1250. The molecule has 5 rings (SSSR count). The van der Waals surface area contributed by atoms with Crippen LogP contribution in [0.25, 0.3) is 21.8 Å². The number of hydrogen-bond acceptors (Lipinski definition) is 6. The molecule has 0 radical (unpaired) electrons. The molecule has 0 saturated carbocycles. The van der Waals surface area contributed by atoms with Crippen LogP contribution in [-0.2, 0) is 16.1 Å². The average molecular weight is 446 g/mol. The average Bonchev–Trinajstić information content (AvgIpc) is 3.52. The molecule has 0 saturated heterocycles. The smallest absolute Gasteiger partial charge is 0.265 e. The zero-order valence-electron chi connectivity index (χ0n) is 17.0. The number of carbonyl (C=O) groups excluding carboxylic acids is 2. The topological polar surface area (TPSA) is 84.7 Å². The Morgan fingerprint density at radius 2 is 1.97 bits per heavy atom. The number of hydrogen-bond donors (Lipinski definition) is 1. The molecule has 160 valence electrons. The lowest BCUT2D eigenvalue weighted by Gasteiger charge is -2.29. The Hall–Kier alpha value is -3.91. The van der Waals surface area contributed by atoms with E-state index in [1.54, 1.807) is 29.7 Å². The Labute approximate surface area is 188 Å². The number of anilines is 1. The van der Waals surface area contributed by atoms with Gasteiger partial charge in [0.25, 0.3) is 5.91 Å². The molecule has 7 nitrogen and oxygen atoms in total. The van der Waals surface area contributed by atoms with E-state index >= 15 is 0 Å². The van der Waals surface area contributed by atoms with Gasteiger partial charge in [0.1, 0.15) is 23.1 Å². The first-order chi connectivity index (χ1) is 15.7. The Morgan fingerprint density at radius 1 is 1.09 bits per heavy atom. The highest BCUT2D eigenvalue weighted by molar-refractivity contribution is 7.13. The van der Waals surface area contributed by atoms with E-state index in [0.717, 1.165) is 21.8 Å². The zero-order chi connectivity index (χ0) is 21.9. The van der Waals surface area contributed by atoms with Gasteiger partial charge in [-0.15, -0.1) is 11.3 Å². The summed E-state index contributed by atoms with van der Waals surface area (Å²) in [5.41, 5.74) is 3.26. The lowest BCUT2D eigenvalue weighted by Crippen LogP contribution is -2.45. The highest BCUT2D eigenvalue weighted by Crippen LogP contribution is 2.37. The number of amides is 2. The van der Waals surface area contributed by atoms with Crippen molar-refractivity contribution < 1.29 is 18.7 Å². The van der Waals surface area contributed by atoms with Crippen molar-refractivity contribution in [2.75, 3.05) is 18.1 Å². The summed E-state index contributed by atoms with van der Waals surface area (Å²) in [6, 6.07) is 19.1. The van der Waals surface area contributed by atoms with Gasteiger partial charge in [0.15, 0.2) is 6.61 Å². The standard InChI is InChI=1S/C24H19N3O4S/c28-22(25-12-18-7-4-10-30-18)13-27-20-11-17(8-9-21(20)31-14-23(27)29)19-15-32-24(26-19)16-5-2-1-3-6-16/h1-11,15H,12-14H2,(H,25,28). The third kappa shape index (κ3) is 4.13. The number of aromatic nitrogens is 1. The van der Waals surface area contributed by atoms with Gasteiger partial charge >= 0.3 is 0 Å². The van der Waals surface area contributed by atoms with Crippen LogP contribution in [0.4, 0.5) is 5.69 Å². The van der Waals surface area contributed by atoms with Crippen LogP contribution in [0, 0.1) is 0 Å². The number of ether oxygens (including phenoxy) is 1. The van der Waals surface area contributed by atoms with Crippen LogP contribution < -0.4 is 15.0 Å². The fraction of sp³-hybridized carbons (Fsp3) is 0.125. The summed E-state index contributed by atoms with van der Waals surface area (Å²) < 4.78 is 10.8. The Morgan fingerprint density at radius 3 is 2.78 bits per heavy atom. The van der Waals surface area contributed by atoms with Crippen LogP contribution in [0.5, 0.6) is 5.75 Å². The number of furan rings is 1. The van der Waals surface area contributed by atoms with Crippen LogP contribution in [0.1, 0.15) is 5.76 Å². The first kappa shape index (κ1) is 20.0. The molecular formula is C24H19N3O4S. The van der Waals surface area contributed by atoms with E-state index in [0.29, 0.717) is 17.2 Å². The summed E-state index contributed by atoms with van der Waals surface area (Å²) in [7, 11) is 0. The molecule has 8 heteroatoms. The normalized spacial score (nSPS) is 12.9. The number of benzene rings is 2. The zero-order valence-corrected chi connectivity index (χ0v) is 17.8. The van der Waals surface area contributed by atoms with Crippen molar-refractivity contribution in [2.24, 2.45) is 0 Å². The van der Waals surface area contributed by atoms with E-state index in [1.165, 1.54) is 4.90 Å². The second-order valence-electron chi connectivity index (χ2n) is 7.21. The molecule has 3 heterocycles. The maximum Gasteiger partial charge on any atom is 0.265 e. The van der Waals surface area contributed by atoms with E-state index < -0.39 is 0 Å². The summed E-state index contributed by atoms with van der Waals surface area (Å²) >= 11 is 1.56. The highest BCUT2D eigenvalue weighted by Gasteiger charge is 2.28. The van der Waals surface area contributed by atoms with Crippen molar-refractivity contribution >= 4 is 28.8 Å². The van der Waals surface area contributed by atoms with Crippen molar-refractivity contribution in [1.29, 1.82) is 0 Å². The van der Waals surface area contributed by atoms with Gasteiger partial charge in [-0.3, -0.25) is 14.5 Å². The number of rotatable bonds is 6. The van der Waals surface area contributed by atoms with Gasteiger partial charge in [-0.25, -0.2) is 4.98 Å². The number of nitrogens with zero attached hydrogens (tertiary/aromatic N) is 2. The predicted molar refractivity (Wildman–Crippen MR) is 121 cm³/mol. The first-order valence-electron chi connectivity index (χ1n) is 10.0. The fourth-order valence-corrected chi connectivity index (χ4v) is 4.29. The van der Waals surface area contributed by atoms with E-state index in [-0.39, 0.29) is 31.5 Å². The van der Waals surface area contributed by atoms with Crippen LogP contribution in [-0.4, -0.2) is 29.9 Å². The largest absolute Gasteiger partial charge is 0.482 e. The third-order valence-electron chi connectivity index (χ3n) is 5.06. The molecule has 4 aromatic rings. The van der Waals surface area contributed by atoms with Crippen LogP contribution >= 0.6 is 11.3 Å². The molecular weight excluding hydrogens is 426 g/mol. The van der Waals surface area contributed by atoms with Crippen molar-refractivity contribution in [2.45, 2.75) is 6.54 Å². The summed E-state index contributed by atoms with van der Waals surface area (Å²) in [5, 5.41) is 5.67. The van der Waals surface area contributed by atoms with E-state index in [9.17, 15) is 9.59 Å². The van der Waals surface area contributed by atoms with Crippen LogP contribution in [0.2, 0.25) is 0 Å². The number of fused-ring (bicyclic) bond motifs is 1. The fourth-order valence-electron chi connectivity index (χ4n) is 3.45. The lowest BCUT2D eigenvalue weighted by molar-refractivity contribution is -0.125. The van der Waals surface area contributed by atoms with Gasteiger partial charge in [0.2, 0.25) is 5.91 Å². The van der Waals surface area contributed by atoms with Crippen molar-refractivity contribution in [3.05, 3.63) is 78.1 Å². The summed E-state index contributed by atoms with van der Waals surface area (Å²) in [6.07, 6.45) is 1.55. The van der Waals surface area contributed by atoms with E-state index in [4.69, 9.17) is 14.1 Å². The van der Waals surface area contributed by atoms with Crippen molar-refractivity contribution in [1.82, 2.24) is 10.3 Å². The molecule has 1 aliphatic heterocycles. The SMILES string of the molecule is O=C(CN1C(=O)COc2ccc(-c3csc(-c4ccccc4)n3)cc21)NCc1ccco1. The minimum atomic E-state index is -0.284. The van der Waals surface area contributed by atoms with Gasteiger partial charge in [-0.1, -0.05) is 30.3 Å². The van der Waals surface area contributed by atoms with Crippen molar-refractivity contribution in [3.63, 3.8) is 0 Å². The molecule has 0 aliphatic carbocycles. The molecule has 2 aromatic carbocycles. The first-order valence-corrected chi connectivity index (χ1v) is 10.9. The Kier molecular flexibility index (Phi) is 5.43. The number of nitrogens with one attached hydrogen (secondary N) is 1. The quantitative estimate of drug-likeness (QED) is 0.483. The summed E-state index contributed by atoms with van der Waals surface area (Å²) in [5.74, 6) is 0.650. The molecule has 1 aliphatic rings. The molecule has 0 atom stereocenters. The predicted octanol–water partition coefficient (Wildman–Crippen LogP) is 4.11. The molecule has 0 unspecified atom stereocenters. The van der Waals surface area contributed by atoms with Crippen LogP contribution in [0.15, 0.2) is 76.7 Å². The van der Waals surface area contributed by atoms with Gasteiger partial charge in [0, 0.05) is 16.5 Å². The molecule has 0 bridgehead atoms. The van der Waals surface area contributed by atoms with E-state index in [1.807, 2.05) is 53.9 Å². The molecule has 0 spiro atoms. The second-order valence-corrected chi connectivity index (χ2v) is 8.07. The minimum Gasteiger partial charge on any atom is -0.482 e. The summed E-state index contributed by atoms with van der Waals surface area (Å²) in [6.45, 7) is 0.0523. The number of carbonyl (C=O) groups is 2. The van der Waals surface area contributed by atoms with Gasteiger partial charge in [0.05, 0.1) is 24.2 Å². The van der Waals surface area contributed by atoms with Gasteiger partial charge in [-0.2, -0.15) is 0 Å². The second kappa shape index (κ2) is 8.68. The highest BCUT2D eigenvalue weighted by atomic mass is 32.1. The molecule has 0 fully saturated rings. The number of thiazole rings is 1. The maximum absolute atomic E-state index is 12.6. The molecule has 2 amide bonds. The maximum atomic E-state index is 12.6. The third-order valence-corrected chi connectivity index (χ3v) is 5.96. The van der Waals surface area contributed by atoms with Gasteiger partial charge in [-0.05, 0) is 30.3 Å². The van der Waals surface area contributed by atoms with Crippen molar-refractivity contribution in [3.8, 4) is 27.6 Å². The minimum absolute atomic E-state index is 0.104. The Balaban J connectivity index is 1.37. The van der Waals surface area contributed by atoms with E-state index in [2.05, 4.69) is 5.32 Å². The van der Waals surface area contributed by atoms with Crippen LogP contribution in [0.3, 0.4) is 0 Å². The van der Waals surface area contributed by atoms with Gasteiger partial charge < -0.3 is 14.5 Å². The summed E-state index contributed by atoms with van der Waals surface area (Å²) in [4.78, 5) is 31.2. The molecule has 32 heavy (non-hydrogen) atoms. The lowest BCUT2D eigenvalue weighted by atomic mass is 10.1. The molecule has 1 N–H and O–H groups in total. The molecule has 2 aromatic heterocycles.